The molecule has 96 valence electrons. The normalized spacial score (nSPS) is 11.4. The first-order chi connectivity index (χ1) is 8.67. The zero-order valence-corrected chi connectivity index (χ0v) is 10.6. The van der Waals surface area contributed by atoms with Crippen LogP contribution in [0, 0.1) is 11.3 Å². The molecule has 1 rings (SSSR count). The van der Waals surface area contributed by atoms with Crippen molar-refractivity contribution in [1.29, 1.82) is 5.26 Å². The minimum atomic E-state index is -0.302. The fraction of sp³-hybridized carbons (Fsp3) is 0.385. The maximum atomic E-state index is 11.3. The van der Waals surface area contributed by atoms with E-state index in [4.69, 9.17) is 10.00 Å². The minimum Gasteiger partial charge on any atom is -0.484 e. The minimum absolute atomic E-state index is 0.000970. The fourth-order valence-corrected chi connectivity index (χ4v) is 1.38. The van der Waals surface area contributed by atoms with Gasteiger partial charge in [0.2, 0.25) is 0 Å². The Morgan fingerprint density at radius 1 is 1.56 bits per heavy atom. The molecule has 0 radical (unpaired) electrons. The molecule has 1 amide bonds. The van der Waals surface area contributed by atoms with Crippen molar-refractivity contribution in [3.63, 3.8) is 0 Å². The lowest BCUT2D eigenvalue weighted by molar-refractivity contribution is -0.122. The molecule has 0 heterocycles. The molecular formula is C13H17N3O2. The Balaban J connectivity index is 2.52. The zero-order chi connectivity index (χ0) is 13.4. The molecule has 0 aliphatic heterocycles. The van der Waals surface area contributed by atoms with Gasteiger partial charge in [-0.05, 0) is 31.7 Å². The number of hydrogen-bond acceptors (Lipinski definition) is 4. The van der Waals surface area contributed by atoms with E-state index in [1.54, 1.807) is 6.07 Å². The maximum Gasteiger partial charge on any atom is 0.258 e. The summed E-state index contributed by atoms with van der Waals surface area (Å²) in [6, 6.07) is 9.61. The lowest BCUT2D eigenvalue weighted by atomic mass is 10.1. The first-order valence-corrected chi connectivity index (χ1v) is 5.71. The third-order valence-electron chi connectivity index (χ3n) is 2.53. The third-order valence-corrected chi connectivity index (χ3v) is 2.53. The van der Waals surface area contributed by atoms with Crippen molar-refractivity contribution < 1.29 is 9.53 Å². The summed E-state index contributed by atoms with van der Waals surface area (Å²) in [4.78, 5) is 11.3. The summed E-state index contributed by atoms with van der Waals surface area (Å²) < 4.78 is 5.35. The van der Waals surface area contributed by atoms with Crippen molar-refractivity contribution in [2.45, 2.75) is 13.0 Å². The van der Waals surface area contributed by atoms with E-state index in [-0.39, 0.29) is 25.1 Å². The van der Waals surface area contributed by atoms with Crippen molar-refractivity contribution >= 4 is 5.91 Å². The SMILES string of the molecule is CNC(C)c1cccc(OCC(=O)NCC#N)c1. The Morgan fingerprint density at radius 2 is 2.33 bits per heavy atom. The molecule has 5 heteroatoms. The molecule has 1 aromatic rings. The summed E-state index contributed by atoms with van der Waals surface area (Å²) in [6.07, 6.45) is 0. The molecule has 0 saturated carbocycles. The van der Waals surface area contributed by atoms with Crippen LogP contribution < -0.4 is 15.4 Å². The van der Waals surface area contributed by atoms with Crippen LogP contribution in [0.25, 0.3) is 0 Å². The largest absolute Gasteiger partial charge is 0.484 e. The number of ether oxygens (including phenoxy) is 1. The summed E-state index contributed by atoms with van der Waals surface area (Å²) in [5, 5.41) is 13.9. The highest BCUT2D eigenvalue weighted by molar-refractivity contribution is 5.77. The van der Waals surface area contributed by atoms with Gasteiger partial charge in [0, 0.05) is 6.04 Å². The van der Waals surface area contributed by atoms with E-state index in [0.29, 0.717) is 5.75 Å². The van der Waals surface area contributed by atoms with Crippen LogP contribution >= 0.6 is 0 Å². The number of hydrogen-bond donors (Lipinski definition) is 2. The Kier molecular flexibility index (Phi) is 5.68. The van der Waals surface area contributed by atoms with E-state index in [9.17, 15) is 4.79 Å². The smallest absolute Gasteiger partial charge is 0.258 e. The quantitative estimate of drug-likeness (QED) is 0.735. The van der Waals surface area contributed by atoms with Gasteiger partial charge in [-0.1, -0.05) is 12.1 Å². The fourth-order valence-electron chi connectivity index (χ4n) is 1.38. The number of nitrogens with one attached hydrogen (secondary N) is 2. The molecule has 1 unspecified atom stereocenters. The average Bonchev–Trinajstić information content (AvgIpc) is 2.42. The highest BCUT2D eigenvalue weighted by Crippen LogP contribution is 2.18. The number of nitriles is 1. The van der Waals surface area contributed by atoms with Crippen LogP contribution in [0.2, 0.25) is 0 Å². The molecule has 0 saturated heterocycles. The molecule has 0 fully saturated rings. The van der Waals surface area contributed by atoms with Gasteiger partial charge in [-0.25, -0.2) is 0 Å². The topological polar surface area (TPSA) is 74.2 Å². The molecule has 18 heavy (non-hydrogen) atoms. The average molecular weight is 247 g/mol. The molecule has 1 aromatic carbocycles. The van der Waals surface area contributed by atoms with Crippen LogP contribution in [-0.2, 0) is 4.79 Å². The van der Waals surface area contributed by atoms with Crippen LogP contribution in [0.4, 0.5) is 0 Å². The first-order valence-electron chi connectivity index (χ1n) is 5.71. The number of amides is 1. The summed E-state index contributed by atoms with van der Waals surface area (Å²) in [7, 11) is 1.88. The van der Waals surface area contributed by atoms with Gasteiger partial charge in [0.15, 0.2) is 6.61 Å². The summed E-state index contributed by atoms with van der Waals surface area (Å²) >= 11 is 0. The van der Waals surface area contributed by atoms with Gasteiger partial charge < -0.3 is 15.4 Å². The molecule has 0 aliphatic carbocycles. The van der Waals surface area contributed by atoms with Gasteiger partial charge in [-0.2, -0.15) is 5.26 Å². The van der Waals surface area contributed by atoms with Gasteiger partial charge in [0.1, 0.15) is 12.3 Å². The second-order valence-electron chi connectivity index (χ2n) is 3.81. The molecule has 2 N–H and O–H groups in total. The summed E-state index contributed by atoms with van der Waals surface area (Å²) in [5.74, 6) is 0.338. The molecular weight excluding hydrogens is 230 g/mol. The van der Waals surface area contributed by atoms with E-state index in [1.807, 2.05) is 38.2 Å². The lowest BCUT2D eigenvalue weighted by Crippen LogP contribution is -2.29. The Morgan fingerprint density at radius 3 is 3.00 bits per heavy atom. The number of nitrogens with zero attached hydrogens (tertiary/aromatic N) is 1. The van der Waals surface area contributed by atoms with Crippen LogP contribution in [0.5, 0.6) is 5.75 Å². The Labute approximate surface area is 107 Å². The second kappa shape index (κ2) is 7.30. The maximum absolute atomic E-state index is 11.3. The van der Waals surface area contributed by atoms with Gasteiger partial charge in [-0.3, -0.25) is 4.79 Å². The number of carbonyl (C=O) groups excluding carboxylic acids is 1. The monoisotopic (exact) mass is 247 g/mol. The van der Waals surface area contributed by atoms with E-state index in [0.717, 1.165) is 5.56 Å². The predicted octanol–water partition coefficient (Wildman–Crippen LogP) is 0.986. The Bertz CT molecular complexity index is 440. The highest BCUT2D eigenvalue weighted by atomic mass is 16.5. The third kappa shape index (κ3) is 4.44. The van der Waals surface area contributed by atoms with Crippen LogP contribution in [0.1, 0.15) is 18.5 Å². The van der Waals surface area contributed by atoms with E-state index in [1.165, 1.54) is 0 Å². The summed E-state index contributed by atoms with van der Waals surface area (Å²) in [6.45, 7) is 1.96. The second-order valence-corrected chi connectivity index (χ2v) is 3.81. The zero-order valence-electron chi connectivity index (χ0n) is 10.6. The lowest BCUT2D eigenvalue weighted by Gasteiger charge is -2.12. The predicted molar refractivity (Wildman–Crippen MR) is 68.0 cm³/mol. The molecule has 5 nitrogen and oxygen atoms in total. The van der Waals surface area contributed by atoms with Crippen LogP contribution in [-0.4, -0.2) is 26.1 Å². The van der Waals surface area contributed by atoms with Crippen LogP contribution in [0.3, 0.4) is 0 Å². The van der Waals surface area contributed by atoms with Crippen molar-refractivity contribution in [3.05, 3.63) is 29.8 Å². The summed E-state index contributed by atoms with van der Waals surface area (Å²) in [5.41, 5.74) is 1.09. The van der Waals surface area contributed by atoms with E-state index >= 15 is 0 Å². The molecule has 0 aliphatic rings. The van der Waals surface area contributed by atoms with E-state index < -0.39 is 0 Å². The van der Waals surface area contributed by atoms with Crippen molar-refractivity contribution in [2.24, 2.45) is 0 Å². The van der Waals surface area contributed by atoms with Gasteiger partial charge in [0.25, 0.3) is 5.91 Å². The highest BCUT2D eigenvalue weighted by Gasteiger charge is 2.05. The van der Waals surface area contributed by atoms with E-state index in [2.05, 4.69) is 10.6 Å². The molecule has 0 spiro atoms. The number of carbonyl (C=O) groups is 1. The van der Waals surface area contributed by atoms with Gasteiger partial charge >= 0.3 is 0 Å². The van der Waals surface area contributed by atoms with Crippen molar-refractivity contribution in [3.8, 4) is 11.8 Å². The number of rotatable bonds is 6. The van der Waals surface area contributed by atoms with Gasteiger partial charge in [-0.15, -0.1) is 0 Å². The molecule has 0 aromatic heterocycles. The Hall–Kier alpha value is -2.06. The van der Waals surface area contributed by atoms with Crippen molar-refractivity contribution in [1.82, 2.24) is 10.6 Å². The first kappa shape index (κ1) is 14.0. The molecule has 0 bridgehead atoms. The van der Waals surface area contributed by atoms with Gasteiger partial charge in [0.05, 0.1) is 6.07 Å². The number of benzene rings is 1. The molecule has 1 atom stereocenters. The van der Waals surface area contributed by atoms with Crippen molar-refractivity contribution in [2.75, 3.05) is 20.2 Å². The van der Waals surface area contributed by atoms with Crippen LogP contribution in [0.15, 0.2) is 24.3 Å². The standard InChI is InChI=1S/C13H17N3O2/c1-10(15-2)11-4-3-5-12(8-11)18-9-13(17)16-7-6-14/h3-5,8,10,15H,7,9H2,1-2H3,(H,16,17).